The Labute approximate surface area is 152 Å². The van der Waals surface area contributed by atoms with E-state index in [4.69, 9.17) is 9.47 Å². The average Bonchev–Trinajstić information content (AvgIpc) is 2.64. The van der Waals surface area contributed by atoms with Crippen LogP contribution in [0.2, 0.25) is 0 Å². The summed E-state index contributed by atoms with van der Waals surface area (Å²) in [4.78, 5) is 25.8. The van der Waals surface area contributed by atoms with Crippen LogP contribution in [0.15, 0.2) is 48.5 Å². The van der Waals surface area contributed by atoms with Gasteiger partial charge in [-0.1, -0.05) is 32.0 Å². The van der Waals surface area contributed by atoms with Crippen LogP contribution in [0.1, 0.15) is 13.8 Å². The van der Waals surface area contributed by atoms with Gasteiger partial charge in [0.25, 0.3) is 5.91 Å². The molecular weight excluding hydrogens is 332 g/mol. The molecule has 0 atom stereocenters. The topological polar surface area (TPSA) is 67.9 Å². The van der Waals surface area contributed by atoms with E-state index in [1.165, 1.54) is 0 Å². The van der Waals surface area contributed by atoms with Crippen molar-refractivity contribution in [2.75, 3.05) is 30.0 Å². The van der Waals surface area contributed by atoms with E-state index in [1.807, 2.05) is 44.2 Å². The normalized spacial score (nSPS) is 13.2. The summed E-state index contributed by atoms with van der Waals surface area (Å²) in [6.45, 7) is 4.40. The molecule has 1 N–H and O–H groups in total. The number of hydrogen-bond acceptors (Lipinski definition) is 4. The van der Waals surface area contributed by atoms with E-state index in [1.54, 1.807) is 23.1 Å². The van der Waals surface area contributed by atoms with Gasteiger partial charge in [0.15, 0.2) is 6.61 Å². The Morgan fingerprint density at radius 1 is 1.23 bits per heavy atom. The third-order valence-electron chi connectivity index (χ3n) is 4.02. The second-order valence-electron chi connectivity index (χ2n) is 6.32. The van der Waals surface area contributed by atoms with Crippen LogP contribution < -0.4 is 19.7 Å². The summed E-state index contributed by atoms with van der Waals surface area (Å²) in [5.74, 6) is 1.03. The maximum absolute atomic E-state index is 12.3. The molecule has 2 aromatic carbocycles. The van der Waals surface area contributed by atoms with Crippen LogP contribution in [0.3, 0.4) is 0 Å². The summed E-state index contributed by atoms with van der Waals surface area (Å²) in [7, 11) is 0. The molecule has 1 heterocycles. The van der Waals surface area contributed by atoms with Gasteiger partial charge in [0.1, 0.15) is 18.1 Å². The van der Waals surface area contributed by atoms with Gasteiger partial charge in [-0.2, -0.15) is 0 Å². The number of nitrogens with one attached hydrogen (secondary N) is 1. The maximum atomic E-state index is 12.3. The standard InChI is InChI=1S/C20H22N2O4/c1-14(2)20(24)21-15-8-9-18-17(12-15)22(19(23)13-26-18)10-11-25-16-6-4-3-5-7-16/h3-9,12,14H,10-11,13H2,1-2H3,(H,21,24). The number of para-hydroxylation sites is 1. The minimum atomic E-state index is -0.138. The van der Waals surface area contributed by atoms with Crippen LogP contribution in [-0.2, 0) is 9.59 Å². The first-order valence-corrected chi connectivity index (χ1v) is 8.60. The molecule has 1 aliphatic rings. The molecule has 2 aromatic rings. The molecule has 0 saturated heterocycles. The zero-order valence-electron chi connectivity index (χ0n) is 14.9. The molecule has 0 spiro atoms. The summed E-state index contributed by atoms with van der Waals surface area (Å²) >= 11 is 0. The minimum absolute atomic E-state index is 0.00393. The number of amides is 2. The second kappa shape index (κ2) is 7.91. The molecule has 0 radical (unpaired) electrons. The van der Waals surface area contributed by atoms with Gasteiger partial charge < -0.3 is 19.7 Å². The number of benzene rings is 2. The Bertz CT molecular complexity index is 790. The van der Waals surface area contributed by atoms with Crippen molar-refractivity contribution in [3.63, 3.8) is 0 Å². The van der Waals surface area contributed by atoms with Crippen LogP contribution in [0.5, 0.6) is 11.5 Å². The first-order chi connectivity index (χ1) is 12.5. The lowest BCUT2D eigenvalue weighted by atomic mass is 10.1. The Kier molecular flexibility index (Phi) is 5.41. The van der Waals surface area contributed by atoms with Crippen molar-refractivity contribution in [2.45, 2.75) is 13.8 Å². The largest absolute Gasteiger partial charge is 0.492 e. The van der Waals surface area contributed by atoms with Crippen molar-refractivity contribution < 1.29 is 19.1 Å². The lowest BCUT2D eigenvalue weighted by Crippen LogP contribution is -2.41. The van der Waals surface area contributed by atoms with E-state index >= 15 is 0 Å². The molecule has 136 valence electrons. The van der Waals surface area contributed by atoms with E-state index in [2.05, 4.69) is 5.32 Å². The molecule has 1 aliphatic heterocycles. The smallest absolute Gasteiger partial charge is 0.265 e. The number of carbonyl (C=O) groups is 2. The number of rotatable bonds is 6. The lowest BCUT2D eigenvalue weighted by molar-refractivity contribution is -0.121. The third kappa shape index (κ3) is 4.14. The van der Waals surface area contributed by atoms with E-state index < -0.39 is 0 Å². The highest BCUT2D eigenvalue weighted by Gasteiger charge is 2.26. The van der Waals surface area contributed by atoms with Crippen molar-refractivity contribution in [1.82, 2.24) is 0 Å². The van der Waals surface area contributed by atoms with Crippen LogP contribution in [-0.4, -0.2) is 31.6 Å². The summed E-state index contributed by atoms with van der Waals surface area (Å²) in [6.07, 6.45) is 0. The first-order valence-electron chi connectivity index (χ1n) is 8.60. The zero-order valence-corrected chi connectivity index (χ0v) is 14.9. The van der Waals surface area contributed by atoms with Gasteiger partial charge in [0.05, 0.1) is 12.2 Å². The summed E-state index contributed by atoms with van der Waals surface area (Å²) < 4.78 is 11.2. The Morgan fingerprint density at radius 3 is 2.73 bits per heavy atom. The molecular formula is C20H22N2O4. The van der Waals surface area contributed by atoms with Gasteiger partial charge in [-0.15, -0.1) is 0 Å². The number of carbonyl (C=O) groups excluding carboxylic acids is 2. The second-order valence-corrected chi connectivity index (χ2v) is 6.32. The molecule has 0 saturated carbocycles. The monoisotopic (exact) mass is 354 g/mol. The lowest BCUT2D eigenvalue weighted by Gasteiger charge is -2.29. The van der Waals surface area contributed by atoms with E-state index in [9.17, 15) is 9.59 Å². The summed E-state index contributed by atoms with van der Waals surface area (Å²) in [6, 6.07) is 14.7. The molecule has 0 fully saturated rings. The molecule has 6 heteroatoms. The van der Waals surface area contributed by atoms with Gasteiger partial charge in [0, 0.05) is 11.6 Å². The van der Waals surface area contributed by atoms with Gasteiger partial charge in [-0.05, 0) is 30.3 Å². The molecule has 0 bridgehead atoms. The van der Waals surface area contributed by atoms with E-state index in [-0.39, 0.29) is 24.3 Å². The third-order valence-corrected chi connectivity index (χ3v) is 4.02. The van der Waals surface area contributed by atoms with Crippen molar-refractivity contribution in [3.05, 3.63) is 48.5 Å². The van der Waals surface area contributed by atoms with Gasteiger partial charge in [0.2, 0.25) is 5.91 Å². The fourth-order valence-electron chi connectivity index (χ4n) is 2.58. The number of fused-ring (bicyclic) bond motifs is 1. The molecule has 0 unspecified atom stereocenters. The predicted molar refractivity (Wildman–Crippen MR) is 99.7 cm³/mol. The maximum Gasteiger partial charge on any atom is 0.265 e. The Balaban J connectivity index is 1.72. The van der Waals surface area contributed by atoms with E-state index in [0.717, 1.165) is 5.75 Å². The SMILES string of the molecule is CC(C)C(=O)Nc1ccc2c(c1)N(CCOc1ccccc1)C(=O)CO2. The highest BCUT2D eigenvalue weighted by atomic mass is 16.5. The Hall–Kier alpha value is -3.02. The highest BCUT2D eigenvalue weighted by molar-refractivity contribution is 5.99. The number of nitrogens with zero attached hydrogens (tertiary/aromatic N) is 1. The molecule has 0 aromatic heterocycles. The fraction of sp³-hybridized carbons (Fsp3) is 0.300. The van der Waals surface area contributed by atoms with Gasteiger partial charge in [-0.3, -0.25) is 9.59 Å². The van der Waals surface area contributed by atoms with E-state index in [0.29, 0.717) is 30.3 Å². The number of hydrogen-bond donors (Lipinski definition) is 1. The van der Waals surface area contributed by atoms with Crippen molar-refractivity contribution in [2.24, 2.45) is 5.92 Å². The minimum Gasteiger partial charge on any atom is -0.492 e. The quantitative estimate of drug-likeness (QED) is 0.866. The molecule has 26 heavy (non-hydrogen) atoms. The van der Waals surface area contributed by atoms with Crippen LogP contribution in [0, 0.1) is 5.92 Å². The Morgan fingerprint density at radius 2 is 2.00 bits per heavy atom. The molecule has 0 aliphatic carbocycles. The zero-order chi connectivity index (χ0) is 18.5. The average molecular weight is 354 g/mol. The molecule has 2 amide bonds. The van der Waals surface area contributed by atoms with Crippen LogP contribution in [0.25, 0.3) is 0 Å². The van der Waals surface area contributed by atoms with Gasteiger partial charge in [-0.25, -0.2) is 0 Å². The number of ether oxygens (including phenoxy) is 2. The molecule has 3 rings (SSSR count). The van der Waals surface area contributed by atoms with Crippen LogP contribution >= 0.6 is 0 Å². The van der Waals surface area contributed by atoms with Gasteiger partial charge >= 0.3 is 0 Å². The van der Waals surface area contributed by atoms with Crippen molar-refractivity contribution >= 4 is 23.2 Å². The number of anilines is 2. The summed E-state index contributed by atoms with van der Waals surface area (Å²) in [5, 5.41) is 2.85. The van der Waals surface area contributed by atoms with Crippen molar-refractivity contribution in [1.29, 1.82) is 0 Å². The fourth-order valence-corrected chi connectivity index (χ4v) is 2.58. The van der Waals surface area contributed by atoms with Crippen LogP contribution in [0.4, 0.5) is 11.4 Å². The first kappa shape index (κ1) is 17.8. The highest BCUT2D eigenvalue weighted by Crippen LogP contribution is 2.34. The summed E-state index contributed by atoms with van der Waals surface area (Å²) in [5.41, 5.74) is 1.27. The molecule has 6 nitrogen and oxygen atoms in total. The van der Waals surface area contributed by atoms with Crippen molar-refractivity contribution in [3.8, 4) is 11.5 Å². The predicted octanol–water partition coefficient (Wildman–Crippen LogP) is 3.09.